The van der Waals surface area contributed by atoms with E-state index in [-0.39, 0.29) is 6.42 Å². The van der Waals surface area contributed by atoms with Gasteiger partial charge < -0.3 is 5.11 Å². The fraction of sp³-hybridized carbons (Fsp3) is 0.267. The number of halogens is 4. The minimum Gasteiger partial charge on any atom is -0.507 e. The number of ketones is 1. The molecule has 2 nitrogen and oxygen atoms in total. The molecule has 0 radical (unpaired) electrons. The molecule has 0 spiro atoms. The fourth-order valence-corrected chi connectivity index (χ4v) is 2.63. The second-order valence-electron chi connectivity index (χ2n) is 4.73. The lowest BCUT2D eigenvalue weighted by Gasteiger charge is -2.19. The molecule has 1 aliphatic rings. The van der Waals surface area contributed by atoms with Gasteiger partial charge in [0, 0.05) is 10.0 Å². The molecule has 0 aliphatic heterocycles. The number of rotatable bonds is 2. The molecule has 0 fully saturated rings. The number of Topliss-reactive ketones (excluding diaryl/α,β-unsaturated/α-hetero) is 1. The van der Waals surface area contributed by atoms with E-state index in [1.165, 1.54) is 0 Å². The van der Waals surface area contributed by atoms with E-state index in [1.54, 1.807) is 24.3 Å². The van der Waals surface area contributed by atoms with Gasteiger partial charge in [-0.25, -0.2) is 0 Å². The van der Waals surface area contributed by atoms with Crippen LogP contribution in [0.5, 0.6) is 0 Å². The Kier molecular flexibility index (Phi) is 4.56. The van der Waals surface area contributed by atoms with E-state index < -0.39 is 23.3 Å². The molecular weight excluding hydrogens is 349 g/mol. The smallest absolute Gasteiger partial charge is 0.454 e. The predicted molar refractivity (Wildman–Crippen MR) is 76.7 cm³/mol. The van der Waals surface area contributed by atoms with Crippen LogP contribution in [0.4, 0.5) is 13.2 Å². The Morgan fingerprint density at radius 3 is 2.62 bits per heavy atom. The third kappa shape index (κ3) is 3.75. The Morgan fingerprint density at radius 1 is 1.29 bits per heavy atom. The molecular formula is C15H12BrF3O2. The Bertz CT molecular complexity index is 630. The van der Waals surface area contributed by atoms with Gasteiger partial charge in [-0.1, -0.05) is 28.1 Å². The van der Waals surface area contributed by atoms with Crippen molar-refractivity contribution in [3.63, 3.8) is 0 Å². The van der Waals surface area contributed by atoms with E-state index in [9.17, 15) is 23.1 Å². The first-order valence-electron chi connectivity index (χ1n) is 6.29. The molecule has 0 atom stereocenters. The van der Waals surface area contributed by atoms with Gasteiger partial charge in [0.15, 0.2) is 0 Å². The number of alkyl halides is 3. The maximum absolute atomic E-state index is 12.5. The zero-order chi connectivity index (χ0) is 15.6. The molecule has 0 unspecified atom stereocenters. The van der Waals surface area contributed by atoms with Crippen molar-refractivity contribution in [2.24, 2.45) is 0 Å². The quantitative estimate of drug-likeness (QED) is 0.809. The normalized spacial score (nSPS) is 18.2. The van der Waals surface area contributed by atoms with E-state index in [2.05, 4.69) is 15.9 Å². The van der Waals surface area contributed by atoms with Gasteiger partial charge in [-0.15, -0.1) is 0 Å². The first kappa shape index (κ1) is 15.8. The molecule has 0 saturated carbocycles. The van der Waals surface area contributed by atoms with Gasteiger partial charge >= 0.3 is 6.18 Å². The number of carbonyl (C=O) groups excluding carboxylic acids is 1. The monoisotopic (exact) mass is 360 g/mol. The van der Waals surface area contributed by atoms with Crippen LogP contribution < -0.4 is 0 Å². The number of carbonyl (C=O) groups is 1. The number of allylic oxidation sites excluding steroid dienone is 2. The largest absolute Gasteiger partial charge is 0.507 e. The Hall–Kier alpha value is -1.56. The lowest BCUT2D eigenvalue weighted by Crippen LogP contribution is -2.27. The first-order valence-corrected chi connectivity index (χ1v) is 7.08. The van der Waals surface area contributed by atoms with Crippen LogP contribution in [0.25, 0.3) is 6.08 Å². The van der Waals surface area contributed by atoms with E-state index >= 15 is 0 Å². The summed E-state index contributed by atoms with van der Waals surface area (Å²) in [4.78, 5) is 11.3. The number of benzene rings is 1. The van der Waals surface area contributed by atoms with Crippen molar-refractivity contribution in [1.82, 2.24) is 0 Å². The fourth-order valence-electron chi connectivity index (χ4n) is 2.22. The molecule has 0 amide bonds. The van der Waals surface area contributed by atoms with Crippen LogP contribution in [0.2, 0.25) is 0 Å². The summed E-state index contributed by atoms with van der Waals surface area (Å²) < 4.78 is 38.3. The third-order valence-electron chi connectivity index (χ3n) is 3.18. The SMILES string of the molecule is O=C(C1=C(O)/C(=C/c2cccc(Br)c2)CCC1)C(F)(F)F. The maximum Gasteiger partial charge on any atom is 0.454 e. The molecule has 0 aromatic heterocycles. The van der Waals surface area contributed by atoms with Crippen molar-refractivity contribution in [1.29, 1.82) is 0 Å². The van der Waals surface area contributed by atoms with E-state index in [0.29, 0.717) is 18.4 Å². The van der Waals surface area contributed by atoms with Crippen molar-refractivity contribution >= 4 is 27.8 Å². The third-order valence-corrected chi connectivity index (χ3v) is 3.68. The van der Waals surface area contributed by atoms with Gasteiger partial charge in [0.2, 0.25) is 0 Å². The highest BCUT2D eigenvalue weighted by Gasteiger charge is 2.42. The zero-order valence-electron chi connectivity index (χ0n) is 10.9. The van der Waals surface area contributed by atoms with Gasteiger partial charge in [0.25, 0.3) is 5.78 Å². The van der Waals surface area contributed by atoms with Gasteiger partial charge in [0.1, 0.15) is 5.76 Å². The molecule has 6 heteroatoms. The molecule has 1 aromatic rings. The molecule has 21 heavy (non-hydrogen) atoms. The van der Waals surface area contributed by atoms with Crippen LogP contribution in [0.1, 0.15) is 24.8 Å². The Balaban J connectivity index is 2.39. The summed E-state index contributed by atoms with van der Waals surface area (Å²) in [5.74, 6) is -2.50. The van der Waals surface area contributed by atoms with E-state index in [1.807, 2.05) is 6.07 Å². The number of hydrogen-bond acceptors (Lipinski definition) is 2. The van der Waals surface area contributed by atoms with Crippen LogP contribution in [0, 0.1) is 0 Å². The van der Waals surface area contributed by atoms with E-state index in [4.69, 9.17) is 0 Å². The van der Waals surface area contributed by atoms with Gasteiger partial charge in [-0.05, 0) is 48.6 Å². The summed E-state index contributed by atoms with van der Waals surface area (Å²) in [6.45, 7) is 0. The summed E-state index contributed by atoms with van der Waals surface area (Å²) in [5.41, 5.74) is 0.550. The summed E-state index contributed by atoms with van der Waals surface area (Å²) in [7, 11) is 0. The predicted octanol–water partition coefficient (Wildman–Crippen LogP) is 4.96. The summed E-state index contributed by atoms with van der Waals surface area (Å²) in [6.07, 6.45) is -2.57. The standard InChI is InChI=1S/C15H12BrF3O2/c16-11-5-1-3-9(8-11)7-10-4-2-6-12(13(10)20)14(21)15(17,18)19/h1,3,5,7-8,20H,2,4,6H2/b10-7+. The summed E-state index contributed by atoms with van der Waals surface area (Å²) >= 11 is 3.30. The summed E-state index contributed by atoms with van der Waals surface area (Å²) in [6, 6.07) is 7.14. The van der Waals surface area contributed by atoms with Crippen molar-refractivity contribution in [3.8, 4) is 0 Å². The molecule has 112 valence electrons. The number of aliphatic hydroxyl groups excluding tert-OH is 1. The minimum absolute atomic E-state index is 0.0556. The van der Waals surface area contributed by atoms with Crippen molar-refractivity contribution in [3.05, 3.63) is 51.2 Å². The highest BCUT2D eigenvalue weighted by Crippen LogP contribution is 2.34. The van der Waals surface area contributed by atoms with Gasteiger partial charge in [0.05, 0.1) is 0 Å². The number of hydrogen-bond donors (Lipinski definition) is 1. The second kappa shape index (κ2) is 6.05. The van der Waals surface area contributed by atoms with Crippen LogP contribution >= 0.6 is 15.9 Å². The molecule has 0 saturated heterocycles. The average Bonchev–Trinajstić information content (AvgIpc) is 2.39. The molecule has 0 bridgehead atoms. The molecule has 0 heterocycles. The average molecular weight is 361 g/mol. The second-order valence-corrected chi connectivity index (χ2v) is 5.65. The van der Waals surface area contributed by atoms with Crippen LogP contribution in [0.15, 0.2) is 45.6 Å². The highest BCUT2D eigenvalue weighted by molar-refractivity contribution is 9.10. The molecule has 2 rings (SSSR count). The zero-order valence-corrected chi connectivity index (χ0v) is 12.5. The van der Waals surface area contributed by atoms with Crippen LogP contribution in [-0.4, -0.2) is 17.1 Å². The first-order chi connectivity index (χ1) is 9.79. The Morgan fingerprint density at radius 2 is 2.00 bits per heavy atom. The minimum atomic E-state index is -4.96. The Labute approximate surface area is 128 Å². The van der Waals surface area contributed by atoms with Crippen LogP contribution in [0.3, 0.4) is 0 Å². The topological polar surface area (TPSA) is 37.3 Å². The van der Waals surface area contributed by atoms with Gasteiger partial charge in [-0.2, -0.15) is 13.2 Å². The highest BCUT2D eigenvalue weighted by atomic mass is 79.9. The number of aliphatic hydroxyl groups is 1. The molecule has 1 aromatic carbocycles. The van der Waals surface area contributed by atoms with Gasteiger partial charge in [-0.3, -0.25) is 4.79 Å². The van der Waals surface area contributed by atoms with Crippen molar-refractivity contribution in [2.75, 3.05) is 0 Å². The maximum atomic E-state index is 12.5. The molecule has 1 N–H and O–H groups in total. The van der Waals surface area contributed by atoms with E-state index in [0.717, 1.165) is 10.0 Å². The molecule has 1 aliphatic carbocycles. The lowest BCUT2D eigenvalue weighted by molar-refractivity contribution is -0.167. The summed E-state index contributed by atoms with van der Waals surface area (Å²) in [5, 5.41) is 9.97. The van der Waals surface area contributed by atoms with Crippen molar-refractivity contribution < 1.29 is 23.1 Å². The lowest BCUT2D eigenvalue weighted by atomic mass is 9.89. The van der Waals surface area contributed by atoms with Crippen LogP contribution in [-0.2, 0) is 4.79 Å². The van der Waals surface area contributed by atoms with Crippen molar-refractivity contribution in [2.45, 2.75) is 25.4 Å².